The smallest absolute Gasteiger partial charge is 0.125 e. The van der Waals surface area contributed by atoms with Crippen molar-refractivity contribution in [1.29, 1.82) is 0 Å². The second-order valence-corrected chi connectivity index (χ2v) is 2.24. The van der Waals surface area contributed by atoms with Crippen molar-refractivity contribution in [1.82, 2.24) is 0 Å². The van der Waals surface area contributed by atoms with Crippen LogP contribution in [0.15, 0.2) is 18.2 Å². The highest BCUT2D eigenvalue weighted by atomic mass is 16.5. The summed E-state index contributed by atoms with van der Waals surface area (Å²) in [5, 5.41) is 8.81. The predicted molar refractivity (Wildman–Crippen MR) is 44.9 cm³/mol. The standard InChI is InChI=1S/C9H11O3/c1-11-8-3-4-9(12-2)7(5-8)6-10/h3-6,10H,1-2H3. The molecular weight excluding hydrogens is 156 g/mol. The zero-order valence-electron chi connectivity index (χ0n) is 7.07. The maximum absolute atomic E-state index is 8.81. The molecular formula is C9H11O3. The second kappa shape index (κ2) is 3.97. The van der Waals surface area contributed by atoms with E-state index in [1.807, 2.05) is 0 Å². The zero-order valence-corrected chi connectivity index (χ0v) is 7.07. The first kappa shape index (κ1) is 8.87. The van der Waals surface area contributed by atoms with Crippen molar-refractivity contribution >= 4 is 0 Å². The van der Waals surface area contributed by atoms with Crippen LogP contribution in [0.3, 0.4) is 0 Å². The number of aliphatic hydroxyl groups is 1. The van der Waals surface area contributed by atoms with Crippen LogP contribution in [0.4, 0.5) is 0 Å². The van der Waals surface area contributed by atoms with Gasteiger partial charge in [-0.3, -0.25) is 0 Å². The van der Waals surface area contributed by atoms with E-state index in [9.17, 15) is 0 Å². The molecule has 0 saturated carbocycles. The number of benzene rings is 1. The summed E-state index contributed by atoms with van der Waals surface area (Å²) in [6.07, 6.45) is 0. The van der Waals surface area contributed by atoms with Gasteiger partial charge < -0.3 is 14.6 Å². The monoisotopic (exact) mass is 167 g/mol. The fourth-order valence-corrected chi connectivity index (χ4v) is 0.940. The third-order valence-electron chi connectivity index (χ3n) is 1.58. The Bertz CT molecular complexity index is 258. The molecule has 0 atom stereocenters. The molecule has 0 spiro atoms. The highest BCUT2D eigenvalue weighted by Crippen LogP contribution is 2.24. The number of rotatable bonds is 3. The first-order chi connectivity index (χ1) is 5.81. The average Bonchev–Trinajstić information content (AvgIpc) is 2.16. The molecule has 1 aromatic rings. The predicted octanol–water partition coefficient (Wildman–Crippen LogP) is 1.59. The lowest BCUT2D eigenvalue weighted by Crippen LogP contribution is -1.91. The van der Waals surface area contributed by atoms with E-state index in [2.05, 4.69) is 0 Å². The minimum atomic E-state index is 0.608. The molecule has 0 aliphatic rings. The van der Waals surface area contributed by atoms with E-state index in [0.29, 0.717) is 17.1 Å². The second-order valence-electron chi connectivity index (χ2n) is 2.24. The fourth-order valence-electron chi connectivity index (χ4n) is 0.940. The van der Waals surface area contributed by atoms with Gasteiger partial charge in [0.05, 0.1) is 14.2 Å². The van der Waals surface area contributed by atoms with Gasteiger partial charge in [0.15, 0.2) is 0 Å². The summed E-state index contributed by atoms with van der Waals surface area (Å²) in [6, 6.07) is 5.20. The molecule has 1 rings (SSSR count). The number of hydrogen-bond donors (Lipinski definition) is 1. The van der Waals surface area contributed by atoms with E-state index in [4.69, 9.17) is 14.6 Å². The van der Waals surface area contributed by atoms with Gasteiger partial charge in [0, 0.05) is 5.56 Å². The van der Waals surface area contributed by atoms with Crippen LogP contribution in [0.25, 0.3) is 0 Å². The quantitative estimate of drug-likeness (QED) is 0.742. The Morgan fingerprint density at radius 1 is 1.25 bits per heavy atom. The molecule has 0 unspecified atom stereocenters. The summed E-state index contributed by atoms with van der Waals surface area (Å²) in [5.74, 6) is 1.31. The van der Waals surface area contributed by atoms with Gasteiger partial charge in [0.2, 0.25) is 0 Å². The first-order valence-electron chi connectivity index (χ1n) is 3.51. The summed E-state index contributed by atoms with van der Waals surface area (Å²) in [5.41, 5.74) is 0.608. The third-order valence-corrected chi connectivity index (χ3v) is 1.58. The lowest BCUT2D eigenvalue weighted by molar-refractivity contribution is 0.378. The Hall–Kier alpha value is -1.22. The highest BCUT2D eigenvalue weighted by Gasteiger charge is 2.02. The van der Waals surface area contributed by atoms with Gasteiger partial charge in [-0.15, -0.1) is 0 Å². The topological polar surface area (TPSA) is 38.7 Å². The summed E-state index contributed by atoms with van der Waals surface area (Å²) in [4.78, 5) is 0. The van der Waals surface area contributed by atoms with Gasteiger partial charge in [0.1, 0.15) is 18.1 Å². The van der Waals surface area contributed by atoms with Gasteiger partial charge in [-0.25, -0.2) is 0 Å². The fraction of sp³-hybridized carbons (Fsp3) is 0.222. The Balaban J connectivity index is 3.02. The number of ether oxygens (including phenoxy) is 2. The van der Waals surface area contributed by atoms with E-state index in [-0.39, 0.29) is 0 Å². The molecule has 1 aromatic carbocycles. The maximum atomic E-state index is 8.81. The summed E-state index contributed by atoms with van der Waals surface area (Å²) in [7, 11) is 3.12. The molecule has 1 radical (unpaired) electrons. The molecule has 65 valence electrons. The normalized spacial score (nSPS) is 9.58. The Kier molecular flexibility index (Phi) is 2.94. The summed E-state index contributed by atoms with van der Waals surface area (Å²) in [6.45, 7) is 0.987. The first-order valence-corrected chi connectivity index (χ1v) is 3.51. The molecule has 0 aliphatic carbocycles. The van der Waals surface area contributed by atoms with Gasteiger partial charge in [0.25, 0.3) is 0 Å². The van der Waals surface area contributed by atoms with Crippen LogP contribution in [0.5, 0.6) is 11.5 Å². The molecule has 3 heteroatoms. The van der Waals surface area contributed by atoms with Crippen molar-refractivity contribution in [3.05, 3.63) is 30.4 Å². The van der Waals surface area contributed by atoms with Crippen molar-refractivity contribution in [2.45, 2.75) is 0 Å². The lowest BCUT2D eigenvalue weighted by Gasteiger charge is -2.07. The molecule has 3 nitrogen and oxygen atoms in total. The van der Waals surface area contributed by atoms with Crippen LogP contribution in [0.1, 0.15) is 5.56 Å². The molecule has 1 N–H and O–H groups in total. The molecule has 0 amide bonds. The van der Waals surface area contributed by atoms with Crippen molar-refractivity contribution in [3.8, 4) is 11.5 Å². The Morgan fingerprint density at radius 3 is 2.50 bits per heavy atom. The molecule has 0 heterocycles. The average molecular weight is 167 g/mol. The molecule has 0 saturated heterocycles. The Morgan fingerprint density at radius 2 is 2.00 bits per heavy atom. The molecule has 12 heavy (non-hydrogen) atoms. The third kappa shape index (κ3) is 1.68. The number of aliphatic hydroxyl groups excluding tert-OH is 1. The largest absolute Gasteiger partial charge is 0.497 e. The van der Waals surface area contributed by atoms with Crippen molar-refractivity contribution in [2.24, 2.45) is 0 Å². The van der Waals surface area contributed by atoms with Crippen molar-refractivity contribution in [2.75, 3.05) is 14.2 Å². The maximum Gasteiger partial charge on any atom is 0.125 e. The zero-order chi connectivity index (χ0) is 8.97. The molecule has 0 bridgehead atoms. The molecule has 0 fully saturated rings. The van der Waals surface area contributed by atoms with Crippen molar-refractivity contribution < 1.29 is 14.6 Å². The Labute approximate surface area is 71.5 Å². The van der Waals surface area contributed by atoms with E-state index in [1.54, 1.807) is 32.4 Å². The van der Waals surface area contributed by atoms with Crippen LogP contribution in [-0.4, -0.2) is 19.3 Å². The molecule has 0 aromatic heterocycles. The number of hydrogen-bond acceptors (Lipinski definition) is 3. The van der Waals surface area contributed by atoms with Gasteiger partial charge in [-0.1, -0.05) is 0 Å². The van der Waals surface area contributed by atoms with Crippen LogP contribution in [0, 0.1) is 6.61 Å². The minimum absolute atomic E-state index is 0.608. The van der Waals surface area contributed by atoms with E-state index in [1.165, 1.54) is 0 Å². The van der Waals surface area contributed by atoms with Crippen LogP contribution in [-0.2, 0) is 0 Å². The van der Waals surface area contributed by atoms with Gasteiger partial charge in [-0.2, -0.15) is 0 Å². The summed E-state index contributed by atoms with van der Waals surface area (Å²) >= 11 is 0. The van der Waals surface area contributed by atoms with E-state index >= 15 is 0 Å². The highest BCUT2D eigenvalue weighted by molar-refractivity contribution is 5.42. The summed E-state index contributed by atoms with van der Waals surface area (Å²) < 4.78 is 9.96. The lowest BCUT2D eigenvalue weighted by atomic mass is 10.2. The van der Waals surface area contributed by atoms with E-state index < -0.39 is 0 Å². The van der Waals surface area contributed by atoms with Crippen LogP contribution < -0.4 is 9.47 Å². The number of methoxy groups -OCH3 is 2. The minimum Gasteiger partial charge on any atom is -0.497 e. The van der Waals surface area contributed by atoms with Crippen LogP contribution >= 0.6 is 0 Å². The molecule has 0 aliphatic heterocycles. The SMILES string of the molecule is COc1ccc(OC)c([CH]O)c1. The van der Waals surface area contributed by atoms with Crippen molar-refractivity contribution in [3.63, 3.8) is 0 Å². The van der Waals surface area contributed by atoms with E-state index in [0.717, 1.165) is 6.61 Å². The van der Waals surface area contributed by atoms with Gasteiger partial charge >= 0.3 is 0 Å². The van der Waals surface area contributed by atoms with Crippen LogP contribution in [0.2, 0.25) is 0 Å². The van der Waals surface area contributed by atoms with Gasteiger partial charge in [-0.05, 0) is 18.2 Å².